The molecule has 0 radical (unpaired) electrons. The predicted molar refractivity (Wildman–Crippen MR) is 109 cm³/mol. The Morgan fingerprint density at radius 3 is 2.33 bits per heavy atom. The molecule has 0 spiro atoms. The van der Waals surface area contributed by atoms with Crippen LogP contribution in [0.4, 0.5) is 5.69 Å². The van der Waals surface area contributed by atoms with Gasteiger partial charge < -0.3 is 14.9 Å². The second-order valence-corrected chi connectivity index (χ2v) is 7.49. The average molecular weight is 367 g/mol. The zero-order valence-electron chi connectivity index (χ0n) is 16.4. The van der Waals surface area contributed by atoms with Gasteiger partial charge in [-0.1, -0.05) is 30.3 Å². The fourth-order valence-corrected chi connectivity index (χ4v) is 3.64. The van der Waals surface area contributed by atoms with Crippen LogP contribution in [0.3, 0.4) is 0 Å². The highest BCUT2D eigenvalue weighted by atomic mass is 16.3. The highest BCUT2D eigenvalue weighted by Gasteiger charge is 2.29. The van der Waals surface area contributed by atoms with Crippen molar-refractivity contribution in [2.75, 3.05) is 45.7 Å². The summed E-state index contributed by atoms with van der Waals surface area (Å²) in [6.45, 7) is 2.44. The van der Waals surface area contributed by atoms with E-state index < -0.39 is 0 Å². The molecular weight excluding hydrogens is 338 g/mol. The van der Waals surface area contributed by atoms with Gasteiger partial charge in [-0.05, 0) is 36.2 Å². The van der Waals surface area contributed by atoms with E-state index in [0.717, 1.165) is 25.2 Å². The molecule has 5 heteroatoms. The first-order chi connectivity index (χ1) is 13.0. The van der Waals surface area contributed by atoms with E-state index in [-0.39, 0.29) is 18.1 Å². The van der Waals surface area contributed by atoms with Crippen molar-refractivity contribution in [2.24, 2.45) is 0 Å². The van der Waals surface area contributed by atoms with Crippen LogP contribution in [0.15, 0.2) is 54.6 Å². The fraction of sp³-hybridized carbons (Fsp3) is 0.409. The third-order valence-corrected chi connectivity index (χ3v) is 5.23. The molecule has 1 heterocycles. The lowest BCUT2D eigenvalue weighted by molar-refractivity contribution is 0.0827. The van der Waals surface area contributed by atoms with E-state index in [1.807, 2.05) is 30.3 Å². The number of nitrogens with zero attached hydrogens (tertiary/aromatic N) is 3. The van der Waals surface area contributed by atoms with Crippen molar-refractivity contribution >= 4 is 11.6 Å². The quantitative estimate of drug-likeness (QED) is 0.853. The number of β-amino-alcohol motifs (C(OH)–C–C–N with tert-alkyl or cyclic N) is 1. The van der Waals surface area contributed by atoms with Crippen molar-refractivity contribution in [1.29, 1.82) is 0 Å². The second-order valence-electron chi connectivity index (χ2n) is 7.49. The molecule has 0 saturated carbocycles. The summed E-state index contributed by atoms with van der Waals surface area (Å²) >= 11 is 0. The van der Waals surface area contributed by atoms with Crippen molar-refractivity contribution in [3.05, 3.63) is 65.7 Å². The largest absolute Gasteiger partial charge is 0.392 e. The van der Waals surface area contributed by atoms with Crippen molar-refractivity contribution in [3.8, 4) is 0 Å². The van der Waals surface area contributed by atoms with E-state index in [0.29, 0.717) is 12.1 Å². The molecule has 2 atom stereocenters. The first kappa shape index (κ1) is 19.4. The first-order valence-corrected chi connectivity index (χ1v) is 9.45. The minimum absolute atomic E-state index is 0.0115. The van der Waals surface area contributed by atoms with Crippen molar-refractivity contribution in [1.82, 2.24) is 9.80 Å². The number of likely N-dealkylation sites (N-methyl/N-ethyl adjacent to an activating group) is 1. The van der Waals surface area contributed by atoms with E-state index in [2.05, 4.69) is 41.1 Å². The summed E-state index contributed by atoms with van der Waals surface area (Å²) in [7, 11) is 5.60. The predicted octanol–water partition coefficient (Wildman–Crippen LogP) is 2.63. The maximum absolute atomic E-state index is 12.1. The lowest BCUT2D eigenvalue weighted by Gasteiger charge is -2.33. The Morgan fingerprint density at radius 1 is 1.11 bits per heavy atom. The molecule has 27 heavy (non-hydrogen) atoms. The van der Waals surface area contributed by atoms with E-state index in [1.54, 1.807) is 19.0 Å². The Morgan fingerprint density at radius 2 is 1.78 bits per heavy atom. The molecule has 3 rings (SSSR count). The molecule has 0 aromatic heterocycles. The Balaban J connectivity index is 1.76. The van der Waals surface area contributed by atoms with Gasteiger partial charge in [0.2, 0.25) is 0 Å². The maximum atomic E-state index is 12.1. The zero-order valence-corrected chi connectivity index (χ0v) is 16.4. The monoisotopic (exact) mass is 367 g/mol. The molecule has 1 fully saturated rings. The van der Waals surface area contributed by atoms with E-state index in [4.69, 9.17) is 0 Å². The fourth-order valence-electron chi connectivity index (χ4n) is 3.64. The van der Waals surface area contributed by atoms with Gasteiger partial charge in [-0.3, -0.25) is 9.69 Å². The van der Waals surface area contributed by atoms with E-state index in [1.165, 1.54) is 5.56 Å². The highest BCUT2D eigenvalue weighted by molar-refractivity contribution is 5.94. The lowest BCUT2D eigenvalue weighted by Crippen LogP contribution is -2.36. The van der Waals surface area contributed by atoms with Gasteiger partial charge in [-0.2, -0.15) is 0 Å². The van der Waals surface area contributed by atoms with Gasteiger partial charge in [-0.15, -0.1) is 0 Å². The van der Waals surface area contributed by atoms with Crippen LogP contribution in [-0.4, -0.2) is 67.7 Å². The summed E-state index contributed by atoms with van der Waals surface area (Å²) in [6, 6.07) is 18.4. The number of carbonyl (C=O) groups excluding carboxylic acids is 1. The Kier molecular flexibility index (Phi) is 6.14. The third kappa shape index (κ3) is 4.67. The highest BCUT2D eigenvalue weighted by Crippen LogP contribution is 2.27. The van der Waals surface area contributed by atoms with Crippen LogP contribution in [0, 0.1) is 0 Å². The summed E-state index contributed by atoms with van der Waals surface area (Å²) < 4.78 is 0. The maximum Gasteiger partial charge on any atom is 0.253 e. The average Bonchev–Trinajstić information content (AvgIpc) is 3.12. The number of rotatable bonds is 6. The van der Waals surface area contributed by atoms with Crippen molar-refractivity contribution < 1.29 is 9.90 Å². The minimum Gasteiger partial charge on any atom is -0.392 e. The second kappa shape index (κ2) is 8.55. The Labute approximate surface area is 161 Å². The standard InChI is InChI=1S/C22H29N3O2/c1-23(2)22(27)18-9-11-19(12-10-18)24(3)16-21(17-7-5-4-6-8-17)25-14-13-20(26)15-25/h4-12,20-21,26H,13-16H2,1-3H3/t20-,21-/m0/s1. The molecule has 1 amide bonds. The van der Waals surface area contributed by atoms with Crippen molar-refractivity contribution in [2.45, 2.75) is 18.6 Å². The minimum atomic E-state index is -0.238. The van der Waals surface area contributed by atoms with Gasteiger partial charge in [0.15, 0.2) is 0 Å². The van der Waals surface area contributed by atoms with Gasteiger partial charge in [0.25, 0.3) is 5.91 Å². The molecule has 144 valence electrons. The molecule has 0 bridgehead atoms. The Bertz CT molecular complexity index is 746. The lowest BCUT2D eigenvalue weighted by atomic mass is 10.0. The molecular formula is C22H29N3O2. The number of carbonyl (C=O) groups is 1. The Hall–Kier alpha value is -2.37. The molecule has 1 N–H and O–H groups in total. The van der Waals surface area contributed by atoms with Crippen LogP contribution in [0.1, 0.15) is 28.4 Å². The van der Waals surface area contributed by atoms with Gasteiger partial charge in [0.1, 0.15) is 0 Å². The number of likely N-dealkylation sites (tertiary alicyclic amines) is 1. The van der Waals surface area contributed by atoms with Gasteiger partial charge >= 0.3 is 0 Å². The van der Waals surface area contributed by atoms with Gasteiger partial charge in [0, 0.05) is 52.0 Å². The summed E-state index contributed by atoms with van der Waals surface area (Å²) in [5, 5.41) is 9.98. The van der Waals surface area contributed by atoms with Gasteiger partial charge in [-0.25, -0.2) is 0 Å². The number of amides is 1. The smallest absolute Gasteiger partial charge is 0.253 e. The van der Waals surface area contributed by atoms with Crippen LogP contribution >= 0.6 is 0 Å². The summed E-state index contributed by atoms with van der Waals surface area (Å²) in [4.78, 5) is 18.2. The first-order valence-electron chi connectivity index (χ1n) is 9.45. The molecule has 2 aromatic carbocycles. The molecule has 5 nitrogen and oxygen atoms in total. The normalized spacial score (nSPS) is 18.3. The van der Waals surface area contributed by atoms with Crippen LogP contribution in [0.2, 0.25) is 0 Å². The number of anilines is 1. The van der Waals surface area contributed by atoms with E-state index in [9.17, 15) is 9.90 Å². The molecule has 2 aromatic rings. The molecule has 1 aliphatic rings. The number of hydrogen-bond acceptors (Lipinski definition) is 4. The molecule has 1 aliphatic heterocycles. The third-order valence-electron chi connectivity index (χ3n) is 5.23. The van der Waals surface area contributed by atoms with Crippen LogP contribution in [0.5, 0.6) is 0 Å². The number of aliphatic hydroxyl groups is 1. The van der Waals surface area contributed by atoms with Crippen molar-refractivity contribution in [3.63, 3.8) is 0 Å². The van der Waals surface area contributed by atoms with Crippen LogP contribution in [0.25, 0.3) is 0 Å². The molecule has 0 aliphatic carbocycles. The topological polar surface area (TPSA) is 47.0 Å². The molecule has 1 saturated heterocycles. The number of hydrogen-bond donors (Lipinski definition) is 1. The van der Waals surface area contributed by atoms with Gasteiger partial charge in [0.05, 0.1) is 12.1 Å². The zero-order chi connectivity index (χ0) is 19.4. The summed E-state index contributed by atoms with van der Waals surface area (Å²) in [5.74, 6) is 0.0115. The van der Waals surface area contributed by atoms with Crippen LogP contribution < -0.4 is 4.90 Å². The molecule has 0 unspecified atom stereocenters. The number of aliphatic hydroxyl groups excluding tert-OH is 1. The SMILES string of the molecule is CN(C)C(=O)c1ccc(N(C)C[C@@H](c2ccccc2)N2CC[C@H](O)C2)cc1. The number of benzene rings is 2. The van der Waals surface area contributed by atoms with E-state index >= 15 is 0 Å². The van der Waals surface area contributed by atoms with Crippen LogP contribution in [-0.2, 0) is 0 Å². The summed E-state index contributed by atoms with van der Waals surface area (Å²) in [6.07, 6.45) is 0.590. The summed E-state index contributed by atoms with van der Waals surface area (Å²) in [5.41, 5.74) is 3.03.